The summed E-state index contributed by atoms with van der Waals surface area (Å²) in [6.07, 6.45) is 4.61. The summed E-state index contributed by atoms with van der Waals surface area (Å²) in [5, 5.41) is 4.77. The van der Waals surface area contributed by atoms with Crippen LogP contribution in [0.2, 0.25) is 0 Å². The highest BCUT2D eigenvalue weighted by Crippen LogP contribution is 2.40. The molecular weight excluding hydrogens is 444 g/mol. The Balaban J connectivity index is 1.79. The van der Waals surface area contributed by atoms with Crippen molar-refractivity contribution in [3.63, 3.8) is 0 Å². The van der Waals surface area contributed by atoms with Crippen molar-refractivity contribution in [2.24, 2.45) is 5.92 Å². The zero-order valence-electron chi connectivity index (χ0n) is 20.8. The predicted molar refractivity (Wildman–Crippen MR) is 140 cm³/mol. The molecule has 0 saturated heterocycles. The van der Waals surface area contributed by atoms with Crippen LogP contribution in [0.1, 0.15) is 82.4 Å². The van der Waals surface area contributed by atoms with E-state index in [1.807, 2.05) is 11.5 Å². The number of carbonyl (C=O) groups is 2. The van der Waals surface area contributed by atoms with Crippen LogP contribution in [0.4, 0.5) is 5.00 Å². The molecule has 3 aromatic rings. The zero-order chi connectivity index (χ0) is 24.6. The van der Waals surface area contributed by atoms with Crippen LogP contribution in [0.5, 0.6) is 0 Å². The van der Waals surface area contributed by atoms with Crippen molar-refractivity contribution in [3.05, 3.63) is 63.7 Å². The lowest BCUT2D eigenvalue weighted by Gasteiger charge is -2.18. The van der Waals surface area contributed by atoms with Crippen LogP contribution in [-0.4, -0.2) is 23.1 Å². The average molecular weight is 479 g/mol. The number of amides is 1. The summed E-state index contributed by atoms with van der Waals surface area (Å²) < 4.78 is 7.39. The first-order valence-corrected chi connectivity index (χ1v) is 12.9. The van der Waals surface area contributed by atoms with Crippen LogP contribution in [0, 0.1) is 12.8 Å². The van der Waals surface area contributed by atoms with Gasteiger partial charge in [0.2, 0.25) is 0 Å². The van der Waals surface area contributed by atoms with E-state index < -0.39 is 0 Å². The Labute approximate surface area is 205 Å². The van der Waals surface area contributed by atoms with Crippen molar-refractivity contribution < 1.29 is 14.3 Å². The Bertz CT molecular complexity index is 1260. The van der Waals surface area contributed by atoms with Gasteiger partial charge >= 0.3 is 5.97 Å². The molecule has 6 heteroatoms. The standard InChI is InChI=1S/C28H34N2O3S/c1-7-13-30-22-12-10-19(16(3)4)15-21(22)18(6)25(30)26(31)29-27-24(28(32)33-8-2)20-11-9-17(5)14-23(20)34-27/h7,10,12,15-17H,1,8-9,11,13-14H2,2-6H3,(H,29,31). The van der Waals surface area contributed by atoms with E-state index in [0.717, 1.165) is 41.3 Å². The Morgan fingerprint density at radius 1 is 1.35 bits per heavy atom. The quantitative estimate of drug-likeness (QED) is 0.298. The van der Waals surface area contributed by atoms with Gasteiger partial charge in [0, 0.05) is 22.3 Å². The SMILES string of the molecule is C=CCn1c(C(=O)Nc2sc3c(c2C(=O)OCC)CCC(C)C3)c(C)c2cc(C(C)C)ccc21. The number of carbonyl (C=O) groups excluding carboxylic acids is 2. The molecule has 1 aromatic carbocycles. The van der Waals surface area contributed by atoms with E-state index >= 15 is 0 Å². The molecule has 34 heavy (non-hydrogen) atoms. The van der Waals surface area contributed by atoms with Crippen LogP contribution in [0.25, 0.3) is 10.9 Å². The van der Waals surface area contributed by atoms with E-state index in [9.17, 15) is 9.59 Å². The topological polar surface area (TPSA) is 60.3 Å². The third-order valence-electron chi connectivity index (χ3n) is 6.75. The first-order valence-electron chi connectivity index (χ1n) is 12.1. The monoisotopic (exact) mass is 478 g/mol. The smallest absolute Gasteiger partial charge is 0.341 e. The van der Waals surface area contributed by atoms with Gasteiger partial charge in [-0.2, -0.15) is 0 Å². The van der Waals surface area contributed by atoms with Gasteiger partial charge < -0.3 is 14.6 Å². The molecule has 5 nitrogen and oxygen atoms in total. The van der Waals surface area contributed by atoms with E-state index in [2.05, 4.69) is 50.9 Å². The maximum Gasteiger partial charge on any atom is 0.341 e. The molecule has 2 aromatic heterocycles. The summed E-state index contributed by atoms with van der Waals surface area (Å²) in [6, 6.07) is 6.40. The number of thiophene rings is 1. The van der Waals surface area contributed by atoms with Gasteiger partial charge in [0.25, 0.3) is 5.91 Å². The molecule has 1 unspecified atom stereocenters. The molecule has 1 aliphatic carbocycles. The Morgan fingerprint density at radius 2 is 2.12 bits per heavy atom. The number of fused-ring (bicyclic) bond motifs is 2. The Hall–Kier alpha value is -2.86. The van der Waals surface area contributed by atoms with E-state index in [0.29, 0.717) is 41.2 Å². The Morgan fingerprint density at radius 3 is 2.79 bits per heavy atom. The summed E-state index contributed by atoms with van der Waals surface area (Å²) in [5.74, 6) is 0.404. The number of aromatic nitrogens is 1. The number of allylic oxidation sites excluding steroid dienone is 1. The van der Waals surface area contributed by atoms with Gasteiger partial charge in [-0.1, -0.05) is 32.9 Å². The van der Waals surface area contributed by atoms with Gasteiger partial charge in [-0.3, -0.25) is 4.79 Å². The van der Waals surface area contributed by atoms with E-state index in [-0.39, 0.29) is 11.9 Å². The van der Waals surface area contributed by atoms with E-state index in [4.69, 9.17) is 4.74 Å². The van der Waals surface area contributed by atoms with Gasteiger partial charge in [0.05, 0.1) is 12.2 Å². The predicted octanol–water partition coefficient (Wildman–Crippen LogP) is 6.87. The minimum Gasteiger partial charge on any atom is -0.462 e. The molecule has 180 valence electrons. The highest BCUT2D eigenvalue weighted by Gasteiger charge is 2.30. The average Bonchev–Trinajstić information content (AvgIpc) is 3.28. The lowest BCUT2D eigenvalue weighted by atomic mass is 9.88. The van der Waals surface area contributed by atoms with Gasteiger partial charge in [-0.25, -0.2) is 4.79 Å². The van der Waals surface area contributed by atoms with Gasteiger partial charge in [0.1, 0.15) is 10.7 Å². The number of ether oxygens (including phenoxy) is 1. The number of hydrogen-bond donors (Lipinski definition) is 1. The van der Waals surface area contributed by atoms with Crippen molar-refractivity contribution in [3.8, 4) is 0 Å². The molecule has 0 aliphatic heterocycles. The molecule has 0 spiro atoms. The first kappa shape index (κ1) is 24.3. The van der Waals surface area contributed by atoms with Crippen LogP contribution >= 0.6 is 11.3 Å². The highest BCUT2D eigenvalue weighted by molar-refractivity contribution is 7.17. The molecule has 1 amide bonds. The number of aryl methyl sites for hydroxylation is 1. The molecule has 1 aliphatic rings. The third-order valence-corrected chi connectivity index (χ3v) is 7.92. The van der Waals surface area contributed by atoms with Crippen molar-refractivity contribution >= 4 is 39.1 Å². The van der Waals surface area contributed by atoms with Crippen LogP contribution < -0.4 is 5.32 Å². The number of hydrogen-bond acceptors (Lipinski definition) is 4. The number of anilines is 1. The van der Waals surface area contributed by atoms with E-state index in [1.165, 1.54) is 21.8 Å². The second-order valence-electron chi connectivity index (χ2n) is 9.53. The largest absolute Gasteiger partial charge is 0.462 e. The third kappa shape index (κ3) is 4.31. The minimum absolute atomic E-state index is 0.209. The van der Waals surface area contributed by atoms with Gasteiger partial charge in [-0.15, -0.1) is 17.9 Å². The molecule has 1 N–H and O–H groups in total. The minimum atomic E-state index is -0.352. The molecule has 0 fully saturated rings. The van der Waals surface area contributed by atoms with Gasteiger partial charge in [0.15, 0.2) is 0 Å². The molecular formula is C28H34N2O3S. The fourth-order valence-electron chi connectivity index (χ4n) is 4.93. The van der Waals surface area contributed by atoms with Gasteiger partial charge in [-0.05, 0) is 73.8 Å². The number of rotatable bonds is 7. The fraction of sp³-hybridized carbons (Fsp3) is 0.429. The van der Waals surface area contributed by atoms with Crippen molar-refractivity contribution in [2.75, 3.05) is 11.9 Å². The molecule has 0 bridgehead atoms. The molecule has 1 atom stereocenters. The lowest BCUT2D eigenvalue weighted by molar-refractivity contribution is 0.0526. The van der Waals surface area contributed by atoms with Crippen molar-refractivity contribution in [2.45, 2.75) is 66.3 Å². The summed E-state index contributed by atoms with van der Waals surface area (Å²) in [7, 11) is 0. The van der Waals surface area contributed by atoms with Crippen molar-refractivity contribution in [1.29, 1.82) is 0 Å². The maximum atomic E-state index is 13.7. The molecule has 2 heterocycles. The maximum absolute atomic E-state index is 13.7. The summed E-state index contributed by atoms with van der Waals surface area (Å²) >= 11 is 1.52. The molecule has 4 rings (SSSR count). The number of benzene rings is 1. The zero-order valence-corrected chi connectivity index (χ0v) is 21.6. The second-order valence-corrected chi connectivity index (χ2v) is 10.6. The number of nitrogens with one attached hydrogen (secondary N) is 1. The van der Waals surface area contributed by atoms with Crippen molar-refractivity contribution in [1.82, 2.24) is 4.57 Å². The molecule has 0 radical (unpaired) electrons. The van der Waals surface area contributed by atoms with Crippen LogP contribution in [-0.2, 0) is 24.1 Å². The summed E-state index contributed by atoms with van der Waals surface area (Å²) in [5.41, 5.74) is 5.37. The number of esters is 1. The summed E-state index contributed by atoms with van der Waals surface area (Å²) in [4.78, 5) is 27.8. The first-order chi connectivity index (χ1) is 16.3. The van der Waals surface area contributed by atoms with Crippen LogP contribution in [0.3, 0.4) is 0 Å². The summed E-state index contributed by atoms with van der Waals surface area (Å²) in [6.45, 7) is 15.1. The second kappa shape index (κ2) is 9.79. The van der Waals surface area contributed by atoms with E-state index in [1.54, 1.807) is 13.0 Å². The fourth-order valence-corrected chi connectivity index (χ4v) is 6.32. The number of nitrogens with zero attached hydrogens (tertiary/aromatic N) is 1. The Kier molecular flexibility index (Phi) is 6.99. The highest BCUT2D eigenvalue weighted by atomic mass is 32.1. The van der Waals surface area contributed by atoms with Crippen LogP contribution in [0.15, 0.2) is 30.9 Å². The molecule has 0 saturated carbocycles. The lowest BCUT2D eigenvalue weighted by Crippen LogP contribution is -2.20. The normalized spacial score (nSPS) is 15.4.